The maximum Gasteiger partial charge on any atom is 0.245 e. The lowest BCUT2D eigenvalue weighted by Crippen LogP contribution is -2.50. The van der Waals surface area contributed by atoms with Crippen molar-refractivity contribution in [2.75, 3.05) is 42.5 Å². The topological polar surface area (TPSA) is 91.5 Å². The van der Waals surface area contributed by atoms with Crippen LogP contribution < -0.4 is 9.80 Å². The van der Waals surface area contributed by atoms with Crippen LogP contribution in [0.25, 0.3) is 11.3 Å². The lowest BCUT2D eigenvalue weighted by atomic mass is 10.2. The highest BCUT2D eigenvalue weighted by Crippen LogP contribution is 2.30. The summed E-state index contributed by atoms with van der Waals surface area (Å²) in [5.41, 5.74) is 1.48. The molecule has 3 aromatic rings. The predicted molar refractivity (Wildman–Crippen MR) is 103 cm³/mol. The first-order valence-electron chi connectivity index (χ1n) is 9.70. The van der Waals surface area contributed by atoms with Gasteiger partial charge in [0.05, 0.1) is 6.54 Å². The molecule has 0 radical (unpaired) electrons. The Kier molecular flexibility index (Phi) is 4.45. The normalized spacial score (nSPS) is 17.6. The molecule has 5 rings (SSSR count). The van der Waals surface area contributed by atoms with Gasteiger partial charge in [0.2, 0.25) is 17.2 Å². The fraction of sp³-hybridized carbons (Fsp3) is 0.421. The van der Waals surface area contributed by atoms with E-state index in [1.165, 1.54) is 12.1 Å². The first kappa shape index (κ1) is 17.8. The summed E-state index contributed by atoms with van der Waals surface area (Å²) in [5, 5.41) is 7.61. The van der Waals surface area contributed by atoms with E-state index in [0.29, 0.717) is 36.7 Å². The molecule has 2 saturated heterocycles. The number of amides is 1. The van der Waals surface area contributed by atoms with E-state index in [-0.39, 0.29) is 18.3 Å². The Morgan fingerprint density at radius 2 is 1.69 bits per heavy atom. The molecule has 4 heterocycles. The third-order valence-corrected chi connectivity index (χ3v) is 5.36. The standard InChI is InChI=1S/C19H20FN7O2/c20-14-5-3-4-13(10-14)11-26-8-9-27(12-15(26)28)19-18(25-6-1-2-7-25)21-16-17(22-19)24-29-23-16/h3-5,10H,1-2,6-9,11-12H2. The minimum atomic E-state index is -0.298. The molecule has 0 aliphatic carbocycles. The van der Waals surface area contributed by atoms with Crippen molar-refractivity contribution < 1.29 is 13.8 Å². The van der Waals surface area contributed by atoms with Gasteiger partial charge in [-0.3, -0.25) is 4.79 Å². The monoisotopic (exact) mass is 397 g/mol. The van der Waals surface area contributed by atoms with Gasteiger partial charge in [-0.25, -0.2) is 19.0 Å². The fourth-order valence-electron chi connectivity index (χ4n) is 3.89. The SMILES string of the molecule is O=C1CN(c2nc3nonc3nc2N2CCCC2)CCN1Cc1cccc(F)c1. The van der Waals surface area contributed by atoms with E-state index >= 15 is 0 Å². The van der Waals surface area contributed by atoms with Crippen LogP contribution in [0.3, 0.4) is 0 Å². The highest BCUT2D eigenvalue weighted by molar-refractivity contribution is 5.85. The van der Waals surface area contributed by atoms with Crippen LogP contribution in [-0.4, -0.2) is 63.8 Å². The molecule has 0 spiro atoms. The van der Waals surface area contributed by atoms with Crippen LogP contribution in [0, 0.1) is 5.82 Å². The third kappa shape index (κ3) is 3.45. The van der Waals surface area contributed by atoms with Crippen molar-refractivity contribution in [3.63, 3.8) is 0 Å². The van der Waals surface area contributed by atoms with Crippen LogP contribution in [0.5, 0.6) is 0 Å². The Hall–Kier alpha value is -3.30. The molecule has 0 atom stereocenters. The summed E-state index contributed by atoms with van der Waals surface area (Å²) in [6.45, 7) is 3.49. The number of carbonyl (C=O) groups is 1. The first-order chi connectivity index (χ1) is 14.2. The van der Waals surface area contributed by atoms with Crippen molar-refractivity contribution in [1.29, 1.82) is 0 Å². The van der Waals surface area contributed by atoms with Gasteiger partial charge in [0, 0.05) is 32.7 Å². The molecule has 0 bridgehead atoms. The van der Waals surface area contributed by atoms with Gasteiger partial charge in [0.25, 0.3) is 0 Å². The fourth-order valence-corrected chi connectivity index (χ4v) is 3.89. The van der Waals surface area contributed by atoms with Crippen molar-refractivity contribution >= 4 is 28.8 Å². The van der Waals surface area contributed by atoms with Crippen LogP contribution in [0.2, 0.25) is 0 Å². The molecule has 9 nitrogen and oxygen atoms in total. The van der Waals surface area contributed by atoms with E-state index < -0.39 is 0 Å². The number of rotatable bonds is 4. The lowest BCUT2D eigenvalue weighted by molar-refractivity contribution is -0.131. The number of aromatic nitrogens is 4. The zero-order chi connectivity index (χ0) is 19.8. The zero-order valence-corrected chi connectivity index (χ0v) is 15.8. The minimum absolute atomic E-state index is 0.0342. The zero-order valence-electron chi connectivity index (χ0n) is 15.8. The molecular weight excluding hydrogens is 377 g/mol. The number of nitrogens with zero attached hydrogens (tertiary/aromatic N) is 7. The molecule has 2 aliphatic rings. The van der Waals surface area contributed by atoms with E-state index in [9.17, 15) is 9.18 Å². The number of fused-ring (bicyclic) bond motifs is 1. The van der Waals surface area contributed by atoms with Gasteiger partial charge >= 0.3 is 0 Å². The smallest absolute Gasteiger partial charge is 0.245 e. The van der Waals surface area contributed by atoms with E-state index in [0.717, 1.165) is 37.3 Å². The Labute approximate surface area is 166 Å². The molecule has 1 amide bonds. The number of benzene rings is 1. The quantitative estimate of drug-likeness (QED) is 0.656. The molecule has 2 fully saturated rings. The van der Waals surface area contributed by atoms with Gasteiger partial charge in [-0.1, -0.05) is 12.1 Å². The summed E-state index contributed by atoms with van der Waals surface area (Å²) in [6.07, 6.45) is 2.19. The van der Waals surface area contributed by atoms with Gasteiger partial charge in [0.1, 0.15) is 5.82 Å². The van der Waals surface area contributed by atoms with Crippen LogP contribution in [-0.2, 0) is 11.3 Å². The molecular formula is C19H20FN7O2. The highest BCUT2D eigenvalue weighted by Gasteiger charge is 2.30. The van der Waals surface area contributed by atoms with Crippen molar-refractivity contribution in [3.05, 3.63) is 35.6 Å². The van der Waals surface area contributed by atoms with Crippen LogP contribution in [0.1, 0.15) is 18.4 Å². The Morgan fingerprint density at radius 3 is 2.38 bits per heavy atom. The second-order valence-electron chi connectivity index (χ2n) is 7.34. The maximum absolute atomic E-state index is 13.4. The van der Waals surface area contributed by atoms with E-state index in [4.69, 9.17) is 4.63 Å². The average Bonchev–Trinajstić information content (AvgIpc) is 3.40. The molecule has 1 aromatic carbocycles. The number of carbonyl (C=O) groups excluding carboxylic acids is 1. The Bertz CT molecular complexity index is 1050. The highest BCUT2D eigenvalue weighted by atomic mass is 19.1. The maximum atomic E-state index is 13.4. The summed E-state index contributed by atoms with van der Waals surface area (Å²) in [7, 11) is 0. The molecule has 2 aromatic heterocycles. The van der Waals surface area contributed by atoms with Gasteiger partial charge in [-0.15, -0.1) is 0 Å². The van der Waals surface area contributed by atoms with Crippen LogP contribution >= 0.6 is 0 Å². The first-order valence-corrected chi connectivity index (χ1v) is 9.70. The summed E-state index contributed by atoms with van der Waals surface area (Å²) < 4.78 is 18.2. The van der Waals surface area contributed by atoms with Gasteiger partial charge in [-0.05, 0) is 40.9 Å². The molecule has 2 aliphatic heterocycles. The summed E-state index contributed by atoms with van der Waals surface area (Å²) in [5.74, 6) is 1.02. The summed E-state index contributed by atoms with van der Waals surface area (Å²) >= 11 is 0. The Morgan fingerprint density at radius 1 is 0.966 bits per heavy atom. The summed E-state index contributed by atoms with van der Waals surface area (Å²) in [4.78, 5) is 27.8. The third-order valence-electron chi connectivity index (χ3n) is 5.36. The predicted octanol–water partition coefficient (Wildman–Crippen LogP) is 1.60. The van der Waals surface area contributed by atoms with Crippen molar-refractivity contribution in [1.82, 2.24) is 25.2 Å². The second kappa shape index (κ2) is 7.26. The minimum Gasteiger partial charge on any atom is -0.353 e. The number of halogens is 1. The molecule has 0 N–H and O–H groups in total. The molecule has 29 heavy (non-hydrogen) atoms. The van der Waals surface area contributed by atoms with Crippen molar-refractivity contribution in [3.8, 4) is 0 Å². The number of hydrogen-bond acceptors (Lipinski definition) is 8. The van der Waals surface area contributed by atoms with E-state index in [1.807, 2.05) is 11.0 Å². The number of hydrogen-bond donors (Lipinski definition) is 0. The largest absolute Gasteiger partial charge is 0.353 e. The lowest BCUT2D eigenvalue weighted by Gasteiger charge is -2.36. The van der Waals surface area contributed by atoms with Crippen molar-refractivity contribution in [2.24, 2.45) is 0 Å². The molecule has 0 unspecified atom stereocenters. The van der Waals surface area contributed by atoms with Crippen LogP contribution in [0.15, 0.2) is 28.9 Å². The van der Waals surface area contributed by atoms with Gasteiger partial charge in [-0.2, -0.15) is 0 Å². The van der Waals surface area contributed by atoms with Gasteiger partial charge in [0.15, 0.2) is 11.6 Å². The van der Waals surface area contributed by atoms with Crippen molar-refractivity contribution in [2.45, 2.75) is 19.4 Å². The molecule has 0 saturated carbocycles. The van der Waals surface area contributed by atoms with E-state index in [2.05, 4.69) is 25.2 Å². The second-order valence-corrected chi connectivity index (χ2v) is 7.34. The molecule has 10 heteroatoms. The number of piperazine rings is 1. The molecule has 150 valence electrons. The average molecular weight is 397 g/mol. The van der Waals surface area contributed by atoms with Gasteiger partial charge < -0.3 is 14.7 Å². The summed E-state index contributed by atoms with van der Waals surface area (Å²) in [6, 6.07) is 6.34. The number of anilines is 2. The Balaban J connectivity index is 1.38. The van der Waals surface area contributed by atoms with E-state index in [1.54, 1.807) is 11.0 Å². The van der Waals surface area contributed by atoms with Crippen LogP contribution in [0.4, 0.5) is 16.0 Å².